The van der Waals surface area contributed by atoms with E-state index in [0.717, 1.165) is 5.56 Å². The maximum atomic E-state index is 14.6. The zero-order chi connectivity index (χ0) is 32.2. The molecule has 7 unspecified atom stereocenters. The third-order valence-corrected chi connectivity index (χ3v) is 10.1. The SMILES string of the molecule is O=C(Cc1ccccc1)OC1C=CC=C2CC3(S)C(=O)N4C5C(=COC=CC5OC(=O)C(O)c5ccccc5)CC4(S)C(=O)N3C21. The van der Waals surface area contributed by atoms with Crippen LogP contribution < -0.4 is 0 Å². The number of aliphatic hydroxyl groups excluding tert-OH is 1. The van der Waals surface area contributed by atoms with Crippen molar-refractivity contribution in [2.45, 2.75) is 59.4 Å². The van der Waals surface area contributed by atoms with Crippen molar-refractivity contribution < 1.29 is 38.5 Å². The highest BCUT2D eigenvalue weighted by atomic mass is 32.1. The van der Waals surface area contributed by atoms with Gasteiger partial charge >= 0.3 is 11.9 Å². The minimum atomic E-state index is -1.69. The minimum Gasteiger partial charge on any atom is -0.473 e. The Kier molecular flexibility index (Phi) is 7.61. The summed E-state index contributed by atoms with van der Waals surface area (Å²) in [6, 6.07) is 15.8. The highest BCUT2D eigenvalue weighted by molar-refractivity contribution is 7.83. The lowest BCUT2D eigenvalue weighted by Gasteiger charge is -2.52. The van der Waals surface area contributed by atoms with Crippen LogP contribution in [0, 0.1) is 0 Å². The van der Waals surface area contributed by atoms with Gasteiger partial charge in [0.05, 0.1) is 31.0 Å². The predicted molar refractivity (Wildman–Crippen MR) is 171 cm³/mol. The molecule has 12 heteroatoms. The number of thiol groups is 2. The second kappa shape index (κ2) is 11.5. The molecule has 0 bridgehead atoms. The van der Waals surface area contributed by atoms with Crippen LogP contribution in [0.15, 0.2) is 109 Å². The summed E-state index contributed by atoms with van der Waals surface area (Å²) in [6.07, 6.45) is 6.02. The van der Waals surface area contributed by atoms with Crippen LogP contribution in [0.2, 0.25) is 0 Å². The van der Waals surface area contributed by atoms with Crippen molar-refractivity contribution in [3.05, 3.63) is 120 Å². The molecule has 3 fully saturated rings. The molecule has 7 rings (SSSR count). The first-order valence-electron chi connectivity index (χ1n) is 14.8. The quantitative estimate of drug-likeness (QED) is 0.320. The van der Waals surface area contributed by atoms with Crippen LogP contribution in [0.5, 0.6) is 0 Å². The van der Waals surface area contributed by atoms with Gasteiger partial charge in [0.15, 0.2) is 15.8 Å². The Balaban J connectivity index is 1.18. The number of benzene rings is 2. The van der Waals surface area contributed by atoms with E-state index in [1.165, 1.54) is 28.4 Å². The van der Waals surface area contributed by atoms with E-state index in [0.29, 0.717) is 16.7 Å². The monoisotopic (exact) mass is 658 g/mol. The first kappa shape index (κ1) is 30.4. The Labute approximate surface area is 275 Å². The molecule has 7 atom stereocenters. The van der Waals surface area contributed by atoms with Gasteiger partial charge in [0, 0.05) is 12.8 Å². The van der Waals surface area contributed by atoms with E-state index < -0.39 is 63.9 Å². The number of carbonyl (C=O) groups is 4. The zero-order valence-corrected chi connectivity index (χ0v) is 26.1. The number of piperazine rings is 1. The van der Waals surface area contributed by atoms with Gasteiger partial charge in [-0.2, -0.15) is 0 Å². The lowest BCUT2D eigenvalue weighted by Crippen LogP contribution is -2.73. The first-order valence-corrected chi connectivity index (χ1v) is 15.7. The summed E-state index contributed by atoms with van der Waals surface area (Å²) in [5, 5.41) is 10.7. The highest BCUT2D eigenvalue weighted by Gasteiger charge is 2.71. The molecule has 0 aromatic heterocycles. The summed E-state index contributed by atoms with van der Waals surface area (Å²) in [7, 11) is 0. The number of ether oxygens (including phenoxy) is 3. The fourth-order valence-corrected chi connectivity index (χ4v) is 7.95. The molecule has 1 N–H and O–H groups in total. The fourth-order valence-electron chi connectivity index (χ4n) is 6.94. The van der Waals surface area contributed by atoms with Gasteiger partial charge in [0.2, 0.25) is 0 Å². The molecule has 0 radical (unpaired) electrons. The number of aliphatic hydroxyl groups is 1. The number of rotatable bonds is 6. The van der Waals surface area contributed by atoms with E-state index in [1.807, 2.05) is 36.4 Å². The topological polar surface area (TPSA) is 123 Å². The molecule has 3 saturated heterocycles. The predicted octanol–water partition coefficient (Wildman–Crippen LogP) is 3.18. The number of hydrogen-bond acceptors (Lipinski definition) is 10. The van der Waals surface area contributed by atoms with Crippen LogP contribution in [0.25, 0.3) is 0 Å². The largest absolute Gasteiger partial charge is 0.473 e. The van der Waals surface area contributed by atoms with Gasteiger partial charge in [-0.1, -0.05) is 72.8 Å². The normalized spacial score (nSPS) is 31.4. The van der Waals surface area contributed by atoms with Crippen LogP contribution in [-0.4, -0.2) is 72.7 Å². The Hall–Kier alpha value is -4.26. The zero-order valence-electron chi connectivity index (χ0n) is 24.3. The summed E-state index contributed by atoms with van der Waals surface area (Å²) < 4.78 is 17.2. The molecule has 46 heavy (non-hydrogen) atoms. The molecule has 0 spiro atoms. The van der Waals surface area contributed by atoms with Gasteiger partial charge in [-0.15, -0.1) is 25.3 Å². The Morgan fingerprint density at radius 1 is 0.870 bits per heavy atom. The summed E-state index contributed by atoms with van der Waals surface area (Å²) in [5.74, 6) is -2.44. The van der Waals surface area contributed by atoms with Crippen LogP contribution in [-0.2, 0) is 39.8 Å². The fraction of sp³-hybridized carbons (Fsp3) is 0.294. The molecular weight excluding hydrogens is 629 g/mol. The standard InChI is InChI=1S/C34H30N2O8S2/c37-26(16-20-8-3-1-4-9-20)43-24-13-7-12-22-17-33(45)31(40)36-28-23(18-34(36,46)32(41)35(33)27(22)24)19-42-15-14-25(28)44-30(39)29(38)21-10-5-2-6-11-21/h1-15,19,24-25,27-29,38,45-46H,16-18H2. The summed E-state index contributed by atoms with van der Waals surface area (Å²) >= 11 is 9.71. The second-order valence-electron chi connectivity index (χ2n) is 11.8. The first-order chi connectivity index (χ1) is 22.1. The number of esters is 2. The smallest absolute Gasteiger partial charge is 0.340 e. The van der Waals surface area contributed by atoms with E-state index in [9.17, 15) is 24.3 Å². The summed E-state index contributed by atoms with van der Waals surface area (Å²) in [4.78, 5) is 54.7. The van der Waals surface area contributed by atoms with E-state index in [1.54, 1.807) is 42.5 Å². The lowest BCUT2D eigenvalue weighted by atomic mass is 9.96. The van der Waals surface area contributed by atoms with Crippen molar-refractivity contribution in [1.82, 2.24) is 9.80 Å². The molecule has 2 aromatic carbocycles. The number of carbonyl (C=O) groups excluding carboxylic acids is 4. The number of allylic oxidation sites excluding steroid dienone is 2. The van der Waals surface area contributed by atoms with Gasteiger partial charge in [-0.25, -0.2) is 4.79 Å². The Bertz CT molecular complexity index is 1730. The van der Waals surface area contributed by atoms with Crippen molar-refractivity contribution >= 4 is 49.0 Å². The van der Waals surface area contributed by atoms with Crippen LogP contribution in [0.3, 0.4) is 0 Å². The van der Waals surface area contributed by atoms with Crippen molar-refractivity contribution in [1.29, 1.82) is 0 Å². The number of amides is 2. The number of fused-ring (bicyclic) bond motifs is 6. The van der Waals surface area contributed by atoms with E-state index >= 15 is 0 Å². The maximum Gasteiger partial charge on any atom is 0.340 e. The maximum absolute atomic E-state index is 14.6. The minimum absolute atomic E-state index is 0.0251. The average Bonchev–Trinajstić information content (AvgIpc) is 3.46. The Morgan fingerprint density at radius 3 is 2.13 bits per heavy atom. The van der Waals surface area contributed by atoms with Gasteiger partial charge < -0.3 is 29.1 Å². The molecule has 0 saturated carbocycles. The van der Waals surface area contributed by atoms with Gasteiger partial charge in [0.25, 0.3) is 11.8 Å². The molecule has 2 aromatic rings. The van der Waals surface area contributed by atoms with Crippen molar-refractivity contribution in [2.75, 3.05) is 0 Å². The molecule has 10 nitrogen and oxygen atoms in total. The van der Waals surface area contributed by atoms with Crippen LogP contribution >= 0.6 is 25.3 Å². The molecular formula is C34H30N2O8S2. The lowest BCUT2D eigenvalue weighted by molar-refractivity contribution is -0.173. The molecule has 236 valence electrons. The third kappa shape index (κ3) is 4.86. The van der Waals surface area contributed by atoms with E-state index in [4.69, 9.17) is 39.5 Å². The van der Waals surface area contributed by atoms with Gasteiger partial charge in [-0.3, -0.25) is 14.4 Å². The highest BCUT2D eigenvalue weighted by Crippen LogP contribution is 2.56. The van der Waals surface area contributed by atoms with Gasteiger partial charge in [-0.05, 0) is 34.4 Å². The van der Waals surface area contributed by atoms with Crippen molar-refractivity contribution in [3.8, 4) is 0 Å². The average molecular weight is 659 g/mol. The summed E-state index contributed by atoms with van der Waals surface area (Å²) in [6.45, 7) is 0. The number of nitrogens with zero attached hydrogens (tertiary/aromatic N) is 2. The molecule has 1 aliphatic carbocycles. The van der Waals surface area contributed by atoms with E-state index in [2.05, 4.69) is 0 Å². The van der Waals surface area contributed by atoms with Crippen LogP contribution in [0.4, 0.5) is 0 Å². The molecule has 4 heterocycles. The summed E-state index contributed by atoms with van der Waals surface area (Å²) in [5.41, 5.74) is 2.34. The molecule has 4 aliphatic heterocycles. The van der Waals surface area contributed by atoms with E-state index in [-0.39, 0.29) is 19.3 Å². The molecule has 5 aliphatic rings. The molecule has 2 amide bonds. The second-order valence-corrected chi connectivity index (χ2v) is 13.3. The third-order valence-electron chi connectivity index (χ3n) is 8.99. The van der Waals surface area contributed by atoms with Crippen molar-refractivity contribution in [3.63, 3.8) is 0 Å². The van der Waals surface area contributed by atoms with Gasteiger partial charge in [0.1, 0.15) is 12.2 Å². The Morgan fingerprint density at radius 2 is 1.46 bits per heavy atom. The van der Waals surface area contributed by atoms with Crippen molar-refractivity contribution in [2.24, 2.45) is 0 Å². The van der Waals surface area contributed by atoms with Crippen LogP contribution in [0.1, 0.15) is 30.1 Å². The number of hydrogen-bond donors (Lipinski definition) is 3.